The van der Waals surface area contributed by atoms with Crippen LogP contribution in [0.15, 0.2) is 41.1 Å². The number of rotatable bonds is 6. The van der Waals surface area contributed by atoms with Gasteiger partial charge in [-0.05, 0) is 24.3 Å². The lowest BCUT2D eigenvalue weighted by Crippen LogP contribution is -1.97. The molecular formula is C16H14ClN3O4. The van der Waals surface area contributed by atoms with E-state index in [9.17, 15) is 0 Å². The van der Waals surface area contributed by atoms with Crippen molar-refractivity contribution < 1.29 is 18.7 Å². The van der Waals surface area contributed by atoms with Crippen LogP contribution < -0.4 is 14.2 Å². The summed E-state index contributed by atoms with van der Waals surface area (Å²) in [6, 6.07) is 8.77. The largest absolute Gasteiger partial charge is 0.497 e. The van der Waals surface area contributed by atoms with E-state index in [0.29, 0.717) is 34.5 Å². The zero-order chi connectivity index (χ0) is 16.9. The minimum absolute atomic E-state index is 0.0802. The molecule has 0 atom stereocenters. The highest BCUT2D eigenvalue weighted by Gasteiger charge is 2.15. The Hall–Kier alpha value is -2.80. The maximum Gasteiger partial charge on any atom is 0.264 e. The molecule has 24 heavy (non-hydrogen) atoms. The summed E-state index contributed by atoms with van der Waals surface area (Å²) >= 11 is 5.93. The van der Waals surface area contributed by atoms with Gasteiger partial charge in [-0.3, -0.25) is 0 Å². The SMILES string of the molecule is COc1ccc(-c2noc(COc3cccnc3Cl)n2)c(OC)c1. The molecule has 0 radical (unpaired) electrons. The quantitative estimate of drug-likeness (QED) is 0.632. The lowest BCUT2D eigenvalue weighted by molar-refractivity contribution is 0.242. The van der Waals surface area contributed by atoms with Crippen molar-refractivity contribution in [1.82, 2.24) is 15.1 Å². The fraction of sp³-hybridized carbons (Fsp3) is 0.188. The molecule has 3 aromatic rings. The van der Waals surface area contributed by atoms with Gasteiger partial charge in [0.25, 0.3) is 5.89 Å². The molecular weight excluding hydrogens is 334 g/mol. The molecule has 0 aliphatic rings. The molecule has 0 aliphatic heterocycles. The van der Waals surface area contributed by atoms with Gasteiger partial charge in [0.1, 0.15) is 11.5 Å². The first kappa shape index (κ1) is 16.1. The molecule has 0 spiro atoms. The van der Waals surface area contributed by atoms with E-state index >= 15 is 0 Å². The van der Waals surface area contributed by atoms with E-state index in [4.69, 9.17) is 30.3 Å². The van der Waals surface area contributed by atoms with Gasteiger partial charge in [0, 0.05) is 12.3 Å². The van der Waals surface area contributed by atoms with Crippen molar-refractivity contribution in [3.63, 3.8) is 0 Å². The number of benzene rings is 1. The molecule has 2 aromatic heterocycles. The molecule has 0 unspecified atom stereocenters. The van der Waals surface area contributed by atoms with E-state index in [0.717, 1.165) is 0 Å². The molecule has 124 valence electrons. The second-order valence-electron chi connectivity index (χ2n) is 4.66. The Kier molecular flexibility index (Phi) is 4.81. The van der Waals surface area contributed by atoms with E-state index in [-0.39, 0.29) is 11.8 Å². The van der Waals surface area contributed by atoms with Crippen LogP contribution in [0.2, 0.25) is 5.15 Å². The molecule has 7 nitrogen and oxygen atoms in total. The Morgan fingerprint density at radius 3 is 2.75 bits per heavy atom. The number of hydrogen-bond acceptors (Lipinski definition) is 7. The van der Waals surface area contributed by atoms with Gasteiger partial charge in [-0.25, -0.2) is 4.98 Å². The molecule has 0 saturated heterocycles. The van der Waals surface area contributed by atoms with Crippen molar-refractivity contribution in [2.75, 3.05) is 14.2 Å². The van der Waals surface area contributed by atoms with Gasteiger partial charge in [-0.1, -0.05) is 16.8 Å². The molecule has 0 aliphatic carbocycles. The standard InChI is InChI=1S/C16H14ClN3O4/c1-21-10-5-6-11(13(8-10)22-2)16-19-14(24-20-16)9-23-12-4-3-7-18-15(12)17/h3-8H,9H2,1-2H3. The topological polar surface area (TPSA) is 79.5 Å². The third-order valence-corrected chi connectivity index (χ3v) is 3.48. The van der Waals surface area contributed by atoms with Gasteiger partial charge in [0.05, 0.1) is 19.8 Å². The summed E-state index contributed by atoms with van der Waals surface area (Å²) in [7, 11) is 3.15. The highest BCUT2D eigenvalue weighted by Crippen LogP contribution is 2.31. The Morgan fingerprint density at radius 2 is 2.00 bits per heavy atom. The fourth-order valence-corrected chi connectivity index (χ4v) is 2.20. The zero-order valence-corrected chi connectivity index (χ0v) is 13.8. The van der Waals surface area contributed by atoms with Gasteiger partial charge in [-0.2, -0.15) is 4.98 Å². The van der Waals surface area contributed by atoms with E-state index in [1.807, 2.05) is 0 Å². The summed E-state index contributed by atoms with van der Waals surface area (Å²) in [5.74, 6) is 2.40. The van der Waals surface area contributed by atoms with Gasteiger partial charge in [0.15, 0.2) is 17.5 Å². The van der Waals surface area contributed by atoms with Gasteiger partial charge in [0.2, 0.25) is 5.82 Å². The predicted molar refractivity (Wildman–Crippen MR) is 86.4 cm³/mol. The molecule has 0 N–H and O–H groups in total. The first-order valence-electron chi connectivity index (χ1n) is 6.99. The first-order chi connectivity index (χ1) is 11.7. The summed E-state index contributed by atoms with van der Waals surface area (Å²) in [6.45, 7) is 0.0802. The van der Waals surface area contributed by atoms with E-state index in [1.54, 1.807) is 50.7 Å². The van der Waals surface area contributed by atoms with Crippen molar-refractivity contribution in [3.8, 4) is 28.6 Å². The smallest absolute Gasteiger partial charge is 0.264 e. The number of halogens is 1. The maximum atomic E-state index is 5.93. The van der Waals surface area contributed by atoms with Crippen molar-refractivity contribution in [2.45, 2.75) is 6.61 Å². The summed E-state index contributed by atoms with van der Waals surface area (Å²) in [4.78, 5) is 8.23. The van der Waals surface area contributed by atoms with Gasteiger partial charge in [-0.15, -0.1) is 0 Å². The highest BCUT2D eigenvalue weighted by molar-refractivity contribution is 6.30. The Morgan fingerprint density at radius 1 is 1.12 bits per heavy atom. The van der Waals surface area contributed by atoms with Crippen LogP contribution in [0.3, 0.4) is 0 Å². The van der Waals surface area contributed by atoms with Crippen molar-refractivity contribution >= 4 is 11.6 Å². The first-order valence-corrected chi connectivity index (χ1v) is 7.37. The number of pyridine rings is 1. The highest BCUT2D eigenvalue weighted by atomic mass is 35.5. The lowest BCUT2D eigenvalue weighted by atomic mass is 10.2. The third-order valence-electron chi connectivity index (χ3n) is 3.19. The molecule has 0 fully saturated rings. The van der Waals surface area contributed by atoms with Crippen LogP contribution >= 0.6 is 11.6 Å². The summed E-state index contributed by atoms with van der Waals surface area (Å²) < 4.78 is 21.2. The average molecular weight is 348 g/mol. The minimum Gasteiger partial charge on any atom is -0.497 e. The Balaban J connectivity index is 1.77. The summed E-state index contributed by atoms with van der Waals surface area (Å²) in [5.41, 5.74) is 0.688. The molecule has 0 saturated carbocycles. The van der Waals surface area contributed by atoms with Gasteiger partial charge >= 0.3 is 0 Å². The molecule has 0 amide bonds. The van der Waals surface area contributed by atoms with Crippen LogP contribution in [0, 0.1) is 0 Å². The maximum absolute atomic E-state index is 5.93. The van der Waals surface area contributed by atoms with Crippen LogP contribution in [-0.4, -0.2) is 29.3 Å². The average Bonchev–Trinajstić information content (AvgIpc) is 3.09. The molecule has 1 aromatic carbocycles. The van der Waals surface area contributed by atoms with Crippen LogP contribution in [0.4, 0.5) is 0 Å². The van der Waals surface area contributed by atoms with Crippen molar-refractivity contribution in [2.24, 2.45) is 0 Å². The Bertz CT molecular complexity index is 838. The van der Waals surface area contributed by atoms with Crippen molar-refractivity contribution in [1.29, 1.82) is 0 Å². The molecule has 2 heterocycles. The Labute approximate surface area is 143 Å². The second-order valence-corrected chi connectivity index (χ2v) is 5.02. The fourth-order valence-electron chi connectivity index (χ4n) is 2.02. The van der Waals surface area contributed by atoms with E-state index < -0.39 is 0 Å². The summed E-state index contributed by atoms with van der Waals surface area (Å²) in [5, 5.41) is 4.22. The van der Waals surface area contributed by atoms with Crippen molar-refractivity contribution in [3.05, 3.63) is 47.6 Å². The zero-order valence-electron chi connectivity index (χ0n) is 13.0. The lowest BCUT2D eigenvalue weighted by Gasteiger charge is -2.07. The van der Waals surface area contributed by atoms with Crippen LogP contribution in [0.5, 0.6) is 17.2 Å². The monoisotopic (exact) mass is 347 g/mol. The normalized spacial score (nSPS) is 10.5. The van der Waals surface area contributed by atoms with Crippen LogP contribution in [0.25, 0.3) is 11.4 Å². The molecule has 3 rings (SSSR count). The number of hydrogen-bond donors (Lipinski definition) is 0. The second kappa shape index (κ2) is 7.18. The van der Waals surface area contributed by atoms with Crippen LogP contribution in [-0.2, 0) is 6.61 Å². The predicted octanol–water partition coefficient (Wildman–Crippen LogP) is 3.38. The number of nitrogens with zero attached hydrogens (tertiary/aromatic N) is 3. The van der Waals surface area contributed by atoms with Gasteiger partial charge < -0.3 is 18.7 Å². The number of methoxy groups -OCH3 is 2. The third kappa shape index (κ3) is 3.41. The van der Waals surface area contributed by atoms with Crippen LogP contribution in [0.1, 0.15) is 5.89 Å². The van der Waals surface area contributed by atoms with E-state index in [2.05, 4.69) is 15.1 Å². The van der Waals surface area contributed by atoms with E-state index in [1.165, 1.54) is 0 Å². The molecule has 8 heteroatoms. The summed E-state index contributed by atoms with van der Waals surface area (Å²) in [6.07, 6.45) is 1.58. The minimum atomic E-state index is 0.0802. The number of aromatic nitrogens is 3. The number of ether oxygens (including phenoxy) is 3. The molecule has 0 bridgehead atoms.